The van der Waals surface area contributed by atoms with E-state index in [2.05, 4.69) is 23.3 Å². The highest BCUT2D eigenvalue weighted by Crippen LogP contribution is 2.30. The Bertz CT molecular complexity index is 701. The van der Waals surface area contributed by atoms with Crippen molar-refractivity contribution in [1.29, 1.82) is 0 Å². The van der Waals surface area contributed by atoms with E-state index in [0.717, 1.165) is 22.3 Å². The summed E-state index contributed by atoms with van der Waals surface area (Å²) in [5.74, 6) is 0.869. The Morgan fingerprint density at radius 2 is 2.06 bits per heavy atom. The molecule has 2 aromatic heterocycles. The van der Waals surface area contributed by atoms with Crippen molar-refractivity contribution in [2.24, 2.45) is 7.05 Å². The summed E-state index contributed by atoms with van der Waals surface area (Å²) in [5.41, 5.74) is 3.32. The first-order valence-electron chi connectivity index (χ1n) is 5.84. The molecule has 3 heteroatoms. The van der Waals surface area contributed by atoms with Crippen molar-refractivity contribution < 1.29 is 4.74 Å². The van der Waals surface area contributed by atoms with Crippen LogP contribution in [0.2, 0.25) is 0 Å². The Labute approximate surface area is 106 Å². The van der Waals surface area contributed by atoms with Gasteiger partial charge >= 0.3 is 0 Å². The number of methoxy groups -OCH3 is 1. The molecule has 0 saturated heterocycles. The maximum Gasteiger partial charge on any atom is 0.140 e. The van der Waals surface area contributed by atoms with E-state index in [0.29, 0.717) is 0 Å². The summed E-state index contributed by atoms with van der Waals surface area (Å²) in [4.78, 5) is 4.40. The summed E-state index contributed by atoms with van der Waals surface area (Å²) in [5, 5.41) is 1.16. The molecule has 90 valence electrons. The first-order chi connectivity index (χ1) is 8.79. The third-order valence-electron chi connectivity index (χ3n) is 3.11. The van der Waals surface area contributed by atoms with E-state index in [-0.39, 0.29) is 0 Å². The predicted octanol–water partition coefficient (Wildman–Crippen LogP) is 3.25. The molecule has 3 nitrogen and oxygen atoms in total. The van der Waals surface area contributed by atoms with Crippen molar-refractivity contribution in [3.05, 3.63) is 48.8 Å². The Hall–Kier alpha value is -2.29. The summed E-state index contributed by atoms with van der Waals surface area (Å²) in [6.45, 7) is 0. The molecular weight excluding hydrogens is 224 g/mol. The smallest absolute Gasteiger partial charge is 0.140 e. The topological polar surface area (TPSA) is 27.1 Å². The fourth-order valence-electron chi connectivity index (χ4n) is 2.23. The van der Waals surface area contributed by atoms with Crippen molar-refractivity contribution in [2.75, 3.05) is 7.11 Å². The van der Waals surface area contributed by atoms with Gasteiger partial charge in [0.1, 0.15) is 11.4 Å². The molecule has 0 unspecified atom stereocenters. The van der Waals surface area contributed by atoms with E-state index in [9.17, 15) is 0 Å². The Kier molecular flexibility index (Phi) is 2.52. The van der Waals surface area contributed by atoms with Gasteiger partial charge in [0.2, 0.25) is 0 Å². The molecule has 0 aliphatic carbocycles. The van der Waals surface area contributed by atoms with Gasteiger partial charge in [-0.05, 0) is 29.8 Å². The molecule has 0 radical (unpaired) electrons. The maximum absolute atomic E-state index is 5.27. The Morgan fingerprint density at radius 1 is 1.17 bits per heavy atom. The number of rotatable bonds is 2. The van der Waals surface area contributed by atoms with E-state index in [4.69, 9.17) is 4.74 Å². The molecule has 0 saturated carbocycles. The van der Waals surface area contributed by atoms with Crippen LogP contribution < -0.4 is 4.74 Å². The molecule has 0 bridgehead atoms. The third-order valence-corrected chi connectivity index (χ3v) is 3.11. The number of ether oxygens (including phenoxy) is 1. The summed E-state index contributed by atoms with van der Waals surface area (Å²) in [6, 6.07) is 12.1. The zero-order valence-corrected chi connectivity index (χ0v) is 10.4. The number of hydrogen-bond acceptors (Lipinski definition) is 2. The van der Waals surface area contributed by atoms with Crippen molar-refractivity contribution in [2.45, 2.75) is 0 Å². The molecule has 3 aromatic rings. The molecule has 1 aromatic carbocycles. The van der Waals surface area contributed by atoms with Crippen LogP contribution in [-0.2, 0) is 7.05 Å². The van der Waals surface area contributed by atoms with Gasteiger partial charge in [-0.3, -0.25) is 0 Å². The fourth-order valence-corrected chi connectivity index (χ4v) is 2.23. The lowest BCUT2D eigenvalue weighted by Gasteiger charge is -2.03. The molecule has 0 aliphatic heterocycles. The van der Waals surface area contributed by atoms with Crippen LogP contribution in [0.25, 0.3) is 22.2 Å². The molecule has 2 heterocycles. The normalized spacial score (nSPS) is 10.8. The number of aryl methyl sites for hydroxylation is 1. The number of benzene rings is 1. The lowest BCUT2D eigenvalue weighted by Crippen LogP contribution is -1.85. The van der Waals surface area contributed by atoms with Gasteiger partial charge < -0.3 is 9.30 Å². The first kappa shape index (κ1) is 10.8. The van der Waals surface area contributed by atoms with Gasteiger partial charge in [0, 0.05) is 30.4 Å². The standard InChI is InChI=1S/C15H14N2O/c1-17-10-14(13-7-4-8-16-15(13)17)11-5-3-6-12(9-11)18-2/h3-10H,1-2H3. The van der Waals surface area contributed by atoms with Crippen LogP contribution >= 0.6 is 0 Å². The zero-order chi connectivity index (χ0) is 12.5. The van der Waals surface area contributed by atoms with Crippen molar-refractivity contribution in [3.8, 4) is 16.9 Å². The first-order valence-corrected chi connectivity index (χ1v) is 5.84. The summed E-state index contributed by atoms with van der Waals surface area (Å²) in [7, 11) is 3.70. The lowest BCUT2D eigenvalue weighted by atomic mass is 10.1. The van der Waals surface area contributed by atoms with Crippen LogP contribution in [0.4, 0.5) is 0 Å². The average molecular weight is 238 g/mol. The second-order valence-corrected chi connectivity index (χ2v) is 4.26. The van der Waals surface area contributed by atoms with Gasteiger partial charge in [0.05, 0.1) is 7.11 Å². The minimum atomic E-state index is 0.869. The monoisotopic (exact) mass is 238 g/mol. The van der Waals surface area contributed by atoms with Crippen LogP contribution in [-0.4, -0.2) is 16.7 Å². The van der Waals surface area contributed by atoms with Gasteiger partial charge in [-0.15, -0.1) is 0 Å². The van der Waals surface area contributed by atoms with Crippen LogP contribution in [0.5, 0.6) is 5.75 Å². The Morgan fingerprint density at radius 3 is 2.89 bits per heavy atom. The second-order valence-electron chi connectivity index (χ2n) is 4.26. The minimum Gasteiger partial charge on any atom is -0.497 e. The molecule has 18 heavy (non-hydrogen) atoms. The Balaban J connectivity index is 2.25. The maximum atomic E-state index is 5.27. The van der Waals surface area contributed by atoms with Gasteiger partial charge in [-0.25, -0.2) is 4.98 Å². The number of pyridine rings is 1. The molecule has 0 atom stereocenters. The highest BCUT2D eigenvalue weighted by Gasteiger charge is 2.09. The van der Waals surface area contributed by atoms with Crippen LogP contribution in [0, 0.1) is 0 Å². The van der Waals surface area contributed by atoms with E-state index >= 15 is 0 Å². The second kappa shape index (κ2) is 4.18. The molecule has 0 fully saturated rings. The largest absolute Gasteiger partial charge is 0.497 e. The third kappa shape index (κ3) is 1.64. The number of nitrogens with zero attached hydrogens (tertiary/aromatic N) is 2. The number of hydrogen-bond donors (Lipinski definition) is 0. The predicted molar refractivity (Wildman–Crippen MR) is 72.7 cm³/mol. The van der Waals surface area contributed by atoms with E-state index < -0.39 is 0 Å². The van der Waals surface area contributed by atoms with E-state index in [1.54, 1.807) is 7.11 Å². The summed E-state index contributed by atoms with van der Waals surface area (Å²) in [6.07, 6.45) is 3.92. The van der Waals surface area contributed by atoms with Gasteiger partial charge in [0.25, 0.3) is 0 Å². The van der Waals surface area contributed by atoms with Crippen molar-refractivity contribution >= 4 is 11.0 Å². The zero-order valence-electron chi connectivity index (χ0n) is 10.4. The molecule has 0 N–H and O–H groups in total. The highest BCUT2D eigenvalue weighted by atomic mass is 16.5. The molecule has 0 amide bonds. The number of fused-ring (bicyclic) bond motifs is 1. The molecule has 0 aliphatic rings. The molecule has 3 rings (SSSR count). The van der Waals surface area contributed by atoms with Crippen LogP contribution in [0.15, 0.2) is 48.8 Å². The van der Waals surface area contributed by atoms with Crippen LogP contribution in [0.1, 0.15) is 0 Å². The lowest BCUT2D eigenvalue weighted by molar-refractivity contribution is 0.415. The van der Waals surface area contributed by atoms with E-state index in [1.165, 1.54) is 5.56 Å². The van der Waals surface area contributed by atoms with Crippen molar-refractivity contribution in [3.63, 3.8) is 0 Å². The van der Waals surface area contributed by atoms with Gasteiger partial charge in [0.15, 0.2) is 0 Å². The quantitative estimate of drug-likeness (QED) is 0.685. The van der Waals surface area contributed by atoms with Crippen molar-refractivity contribution in [1.82, 2.24) is 9.55 Å². The van der Waals surface area contributed by atoms with Gasteiger partial charge in [-0.2, -0.15) is 0 Å². The SMILES string of the molecule is COc1cccc(-c2cn(C)c3ncccc23)c1. The average Bonchev–Trinajstić information content (AvgIpc) is 2.77. The van der Waals surface area contributed by atoms with Gasteiger partial charge in [-0.1, -0.05) is 12.1 Å². The number of aromatic nitrogens is 2. The molecule has 0 spiro atoms. The summed E-state index contributed by atoms with van der Waals surface area (Å²) >= 11 is 0. The highest BCUT2D eigenvalue weighted by molar-refractivity contribution is 5.94. The fraction of sp³-hybridized carbons (Fsp3) is 0.133. The van der Waals surface area contributed by atoms with Crippen LogP contribution in [0.3, 0.4) is 0 Å². The summed E-state index contributed by atoms with van der Waals surface area (Å²) < 4.78 is 7.32. The van der Waals surface area contributed by atoms with E-state index in [1.807, 2.05) is 42.1 Å². The minimum absolute atomic E-state index is 0.869. The molecular formula is C15H14N2O.